The molecule has 0 unspecified atom stereocenters. The lowest BCUT2D eigenvalue weighted by atomic mass is 10.1. The molecule has 0 saturated carbocycles. The molecule has 2 heterocycles. The SMILES string of the molecule is Fc1cccc(-n2c3ccccc3c3c2ccc2c4ccccc4n(-c4ccccc4)c23)c1Br. The molecule has 7 aromatic rings. The molecule has 0 spiro atoms. The molecule has 34 heavy (non-hydrogen) atoms. The molecule has 0 aliphatic carbocycles. The van der Waals surface area contributed by atoms with Gasteiger partial charge in [0.1, 0.15) is 5.82 Å². The van der Waals surface area contributed by atoms with Gasteiger partial charge in [-0.1, -0.05) is 66.7 Å². The third-order valence-electron chi connectivity index (χ3n) is 6.66. The van der Waals surface area contributed by atoms with Gasteiger partial charge in [-0.25, -0.2) is 4.39 Å². The number of para-hydroxylation sites is 3. The van der Waals surface area contributed by atoms with E-state index in [1.807, 2.05) is 18.2 Å². The molecule has 0 fully saturated rings. The molecule has 2 nitrogen and oxygen atoms in total. The molecule has 0 radical (unpaired) electrons. The predicted octanol–water partition coefficient (Wildman–Crippen LogP) is 8.78. The summed E-state index contributed by atoms with van der Waals surface area (Å²) >= 11 is 3.50. The summed E-state index contributed by atoms with van der Waals surface area (Å²) in [7, 11) is 0. The highest BCUT2D eigenvalue weighted by molar-refractivity contribution is 9.10. The van der Waals surface area contributed by atoms with E-state index in [0.29, 0.717) is 4.47 Å². The van der Waals surface area contributed by atoms with Crippen LogP contribution >= 0.6 is 15.9 Å². The van der Waals surface area contributed by atoms with E-state index in [1.165, 1.54) is 22.4 Å². The van der Waals surface area contributed by atoms with Crippen LogP contribution in [0.5, 0.6) is 0 Å². The highest BCUT2D eigenvalue weighted by Gasteiger charge is 2.21. The summed E-state index contributed by atoms with van der Waals surface area (Å²) < 4.78 is 19.6. The molecule has 4 heteroatoms. The second-order valence-electron chi connectivity index (χ2n) is 8.47. The highest BCUT2D eigenvalue weighted by Crippen LogP contribution is 2.42. The number of rotatable bonds is 2. The first-order chi connectivity index (χ1) is 16.7. The first-order valence-electron chi connectivity index (χ1n) is 11.2. The van der Waals surface area contributed by atoms with Crippen LogP contribution in [0.1, 0.15) is 0 Å². The molecule has 0 saturated heterocycles. The van der Waals surface area contributed by atoms with Gasteiger partial charge in [-0.05, 0) is 58.4 Å². The van der Waals surface area contributed by atoms with Crippen LogP contribution in [0.15, 0.2) is 114 Å². The molecule has 5 aromatic carbocycles. The van der Waals surface area contributed by atoms with Gasteiger partial charge in [0.25, 0.3) is 0 Å². The van der Waals surface area contributed by atoms with Gasteiger partial charge in [-0.15, -0.1) is 0 Å². The van der Waals surface area contributed by atoms with E-state index in [-0.39, 0.29) is 5.82 Å². The maximum atomic E-state index is 14.6. The van der Waals surface area contributed by atoms with Crippen LogP contribution in [0.25, 0.3) is 55.0 Å². The van der Waals surface area contributed by atoms with Crippen molar-refractivity contribution >= 4 is 59.5 Å². The van der Waals surface area contributed by atoms with Gasteiger partial charge >= 0.3 is 0 Å². The van der Waals surface area contributed by atoms with E-state index < -0.39 is 0 Å². The largest absolute Gasteiger partial charge is 0.309 e. The lowest BCUT2D eigenvalue weighted by Gasteiger charge is -2.11. The standard InChI is InChI=1S/C30H18BrFN2/c31-29-23(32)13-8-16-27(29)34-25-15-7-5-12-22(25)28-26(34)18-17-21-20-11-4-6-14-24(20)33(30(21)28)19-9-2-1-3-10-19/h1-18H. The summed E-state index contributed by atoms with van der Waals surface area (Å²) in [6.07, 6.45) is 0. The summed E-state index contributed by atoms with van der Waals surface area (Å²) in [4.78, 5) is 0. The second-order valence-corrected chi connectivity index (χ2v) is 9.26. The Bertz CT molecular complexity index is 1880. The molecule has 0 amide bonds. The fourth-order valence-corrected chi connectivity index (χ4v) is 5.72. The topological polar surface area (TPSA) is 9.86 Å². The monoisotopic (exact) mass is 504 g/mol. The van der Waals surface area contributed by atoms with Crippen molar-refractivity contribution in [2.24, 2.45) is 0 Å². The molecule has 2 aromatic heterocycles. The van der Waals surface area contributed by atoms with Gasteiger partial charge in [-0.2, -0.15) is 0 Å². The molecule has 0 bridgehead atoms. The van der Waals surface area contributed by atoms with Crippen molar-refractivity contribution in [1.29, 1.82) is 0 Å². The minimum Gasteiger partial charge on any atom is -0.309 e. The Morgan fingerprint density at radius 1 is 0.529 bits per heavy atom. The van der Waals surface area contributed by atoms with E-state index in [9.17, 15) is 4.39 Å². The van der Waals surface area contributed by atoms with Crippen molar-refractivity contribution in [2.45, 2.75) is 0 Å². The summed E-state index contributed by atoms with van der Waals surface area (Å²) in [5, 5.41) is 4.71. The van der Waals surface area contributed by atoms with Crippen LogP contribution < -0.4 is 0 Å². The lowest BCUT2D eigenvalue weighted by molar-refractivity contribution is 0.620. The van der Waals surface area contributed by atoms with Crippen LogP contribution in [-0.4, -0.2) is 9.13 Å². The molecule has 7 rings (SSSR count). The number of hydrogen-bond donors (Lipinski definition) is 0. The van der Waals surface area contributed by atoms with Crippen molar-refractivity contribution in [3.05, 3.63) is 119 Å². The van der Waals surface area contributed by atoms with Gasteiger partial charge in [0.05, 0.1) is 32.2 Å². The van der Waals surface area contributed by atoms with Gasteiger partial charge in [0.2, 0.25) is 0 Å². The summed E-state index contributed by atoms with van der Waals surface area (Å²) in [6.45, 7) is 0. The van der Waals surface area contributed by atoms with E-state index in [2.05, 4.69) is 104 Å². The van der Waals surface area contributed by atoms with Crippen LogP contribution in [0, 0.1) is 5.82 Å². The smallest absolute Gasteiger partial charge is 0.139 e. The Kier molecular flexibility index (Phi) is 4.20. The minimum absolute atomic E-state index is 0.275. The lowest BCUT2D eigenvalue weighted by Crippen LogP contribution is -1.97. The molecule has 0 atom stereocenters. The molecular formula is C30H18BrFN2. The number of benzene rings is 5. The van der Waals surface area contributed by atoms with Crippen molar-refractivity contribution < 1.29 is 4.39 Å². The zero-order chi connectivity index (χ0) is 22.8. The zero-order valence-corrected chi connectivity index (χ0v) is 19.6. The maximum absolute atomic E-state index is 14.6. The Morgan fingerprint density at radius 3 is 2.00 bits per heavy atom. The maximum Gasteiger partial charge on any atom is 0.139 e. The van der Waals surface area contributed by atoms with E-state index in [0.717, 1.165) is 38.7 Å². The zero-order valence-electron chi connectivity index (χ0n) is 18.0. The van der Waals surface area contributed by atoms with E-state index in [4.69, 9.17) is 0 Å². The van der Waals surface area contributed by atoms with Crippen LogP contribution in [0.3, 0.4) is 0 Å². The molecule has 0 N–H and O–H groups in total. The normalized spacial score (nSPS) is 11.8. The summed E-state index contributed by atoms with van der Waals surface area (Å²) in [5.74, 6) is -0.275. The Labute approximate surface area is 203 Å². The number of halogens is 2. The molecule has 0 aliphatic heterocycles. The number of fused-ring (bicyclic) bond motifs is 7. The predicted molar refractivity (Wildman–Crippen MR) is 143 cm³/mol. The number of hydrogen-bond acceptors (Lipinski definition) is 0. The third kappa shape index (κ3) is 2.60. The van der Waals surface area contributed by atoms with E-state index in [1.54, 1.807) is 6.07 Å². The quantitative estimate of drug-likeness (QED) is 0.222. The molecular weight excluding hydrogens is 487 g/mol. The summed E-state index contributed by atoms with van der Waals surface area (Å²) in [6, 6.07) is 36.9. The fourth-order valence-electron chi connectivity index (χ4n) is 5.28. The average Bonchev–Trinajstić information content (AvgIpc) is 3.39. The van der Waals surface area contributed by atoms with Gasteiger partial charge in [0.15, 0.2) is 0 Å². The van der Waals surface area contributed by atoms with Crippen LogP contribution in [0.2, 0.25) is 0 Å². The second kappa shape index (κ2) is 7.31. The van der Waals surface area contributed by atoms with Gasteiger partial charge in [-0.3, -0.25) is 0 Å². The first kappa shape index (κ1) is 19.6. The Hall–Kier alpha value is -3.89. The number of nitrogens with zero attached hydrogens (tertiary/aromatic N) is 2. The third-order valence-corrected chi connectivity index (χ3v) is 7.44. The Balaban J connectivity index is 1.76. The van der Waals surface area contributed by atoms with Crippen LogP contribution in [-0.2, 0) is 0 Å². The number of aromatic nitrogens is 2. The first-order valence-corrected chi connectivity index (χ1v) is 12.0. The fraction of sp³-hybridized carbons (Fsp3) is 0. The van der Waals surface area contributed by atoms with Crippen molar-refractivity contribution in [3.8, 4) is 11.4 Å². The van der Waals surface area contributed by atoms with Crippen LogP contribution in [0.4, 0.5) is 4.39 Å². The van der Waals surface area contributed by atoms with Crippen molar-refractivity contribution in [2.75, 3.05) is 0 Å². The minimum atomic E-state index is -0.275. The summed E-state index contributed by atoms with van der Waals surface area (Å²) in [5.41, 5.74) is 6.31. The van der Waals surface area contributed by atoms with Crippen molar-refractivity contribution in [3.63, 3.8) is 0 Å². The van der Waals surface area contributed by atoms with E-state index >= 15 is 0 Å². The highest BCUT2D eigenvalue weighted by atomic mass is 79.9. The van der Waals surface area contributed by atoms with Crippen molar-refractivity contribution in [1.82, 2.24) is 9.13 Å². The van der Waals surface area contributed by atoms with Gasteiger partial charge < -0.3 is 9.13 Å². The Morgan fingerprint density at radius 2 is 1.21 bits per heavy atom. The van der Waals surface area contributed by atoms with Gasteiger partial charge in [0, 0.05) is 27.2 Å². The molecule has 0 aliphatic rings. The molecule has 162 valence electrons. The average molecular weight is 505 g/mol.